The molecule has 7 nitrogen and oxygen atoms in total. The smallest absolute Gasteiger partial charge is 0.338 e. The van der Waals surface area contributed by atoms with Crippen molar-refractivity contribution in [2.24, 2.45) is 0 Å². The first-order chi connectivity index (χ1) is 14.5. The number of carbonyl (C=O) groups is 3. The minimum absolute atomic E-state index is 0.103. The van der Waals surface area contributed by atoms with Gasteiger partial charge in [0.15, 0.2) is 0 Å². The molecule has 7 heteroatoms. The van der Waals surface area contributed by atoms with E-state index < -0.39 is 17.9 Å². The molecule has 0 unspecified atom stereocenters. The van der Waals surface area contributed by atoms with Gasteiger partial charge in [-0.2, -0.15) is 0 Å². The van der Waals surface area contributed by atoms with Gasteiger partial charge < -0.3 is 18.9 Å². The van der Waals surface area contributed by atoms with Crippen molar-refractivity contribution in [3.63, 3.8) is 0 Å². The maximum atomic E-state index is 12.1. The molecule has 0 amide bonds. The van der Waals surface area contributed by atoms with Crippen molar-refractivity contribution >= 4 is 23.7 Å². The van der Waals surface area contributed by atoms with Gasteiger partial charge in [-0.15, -0.1) is 0 Å². The highest BCUT2D eigenvalue weighted by molar-refractivity contribution is 5.93. The Hall–Kier alpha value is -3.61. The Morgan fingerprint density at radius 2 is 0.800 bits per heavy atom. The number of benzene rings is 2. The highest BCUT2D eigenvalue weighted by Gasteiger charge is 2.12. The highest BCUT2D eigenvalue weighted by atomic mass is 16.5. The molecule has 0 aliphatic carbocycles. The van der Waals surface area contributed by atoms with Gasteiger partial charge in [-0.3, -0.25) is 0 Å². The molecule has 0 saturated heterocycles. The third kappa shape index (κ3) is 5.70. The Morgan fingerprint density at radius 3 is 1.17 bits per heavy atom. The second kappa shape index (κ2) is 10.2. The molecule has 156 valence electrons. The van der Waals surface area contributed by atoms with Crippen LogP contribution in [0.5, 0.6) is 0 Å². The molecule has 0 atom stereocenters. The Bertz CT molecular complexity index is 762. The first kappa shape index (κ1) is 21.1. The average Bonchev–Trinajstić information content (AvgIpc) is 2.77. The van der Waals surface area contributed by atoms with Gasteiger partial charge >= 0.3 is 17.9 Å². The third-order valence-corrected chi connectivity index (χ3v) is 4.35. The number of hydrogen-bond donors (Lipinski definition) is 0. The maximum Gasteiger partial charge on any atom is 0.338 e. The number of carbonyl (C=O) groups excluding carboxylic acids is 3. The van der Waals surface area contributed by atoms with E-state index in [1.807, 2.05) is 0 Å². The quantitative estimate of drug-likeness (QED) is 0.484. The van der Waals surface area contributed by atoms with E-state index in [9.17, 15) is 14.4 Å². The Morgan fingerprint density at radius 1 is 0.500 bits per heavy atom. The molecule has 2 aromatic rings. The standard InChI is InChI=1S/C23H22O7/c1-16-17-4-6-18(7-5-17)21(24)29-14-3-15-30-23(26)20-10-8-19(9-11-20)22(25)28-13-2-12-27-16/h4-11H,1-3,12-15H2. The molecule has 0 spiro atoms. The van der Waals surface area contributed by atoms with E-state index >= 15 is 0 Å². The van der Waals surface area contributed by atoms with E-state index in [-0.39, 0.29) is 19.8 Å². The zero-order chi connectivity index (χ0) is 21.3. The summed E-state index contributed by atoms with van der Waals surface area (Å²) >= 11 is 0. The topological polar surface area (TPSA) is 88.1 Å². The lowest BCUT2D eigenvalue weighted by Gasteiger charge is -2.11. The Labute approximate surface area is 174 Å². The average molecular weight is 410 g/mol. The van der Waals surface area contributed by atoms with Crippen LogP contribution in [0.1, 0.15) is 49.5 Å². The SMILES string of the molecule is C=C1OCCCOC(=O)c2ccc(cc2)C(=O)OCCCOC(=O)c2ccc1cc2. The summed E-state index contributed by atoms with van der Waals surface area (Å²) in [6.45, 7) is 4.60. The molecule has 0 radical (unpaired) electrons. The van der Waals surface area contributed by atoms with Crippen LogP contribution in [0.3, 0.4) is 0 Å². The number of ether oxygens (including phenoxy) is 4. The number of rotatable bonds is 0. The van der Waals surface area contributed by atoms with Crippen molar-refractivity contribution in [3.8, 4) is 0 Å². The molecule has 6 rings (SSSR count). The minimum atomic E-state index is -0.517. The van der Waals surface area contributed by atoms with Crippen molar-refractivity contribution in [2.75, 3.05) is 26.4 Å². The Balaban J connectivity index is 1.67. The van der Waals surface area contributed by atoms with E-state index in [0.717, 1.165) is 5.56 Å². The van der Waals surface area contributed by atoms with Crippen LogP contribution in [0.2, 0.25) is 0 Å². The largest absolute Gasteiger partial charge is 0.493 e. The van der Waals surface area contributed by atoms with Gasteiger partial charge in [0, 0.05) is 18.4 Å². The Kier molecular flexibility index (Phi) is 7.21. The van der Waals surface area contributed by atoms with Crippen LogP contribution < -0.4 is 0 Å². The molecular formula is C23H22O7. The van der Waals surface area contributed by atoms with Crippen LogP contribution in [-0.4, -0.2) is 44.3 Å². The fourth-order valence-corrected chi connectivity index (χ4v) is 2.68. The minimum Gasteiger partial charge on any atom is -0.493 e. The molecule has 0 aromatic heterocycles. The van der Waals surface area contributed by atoms with Gasteiger partial charge in [0.05, 0.1) is 43.1 Å². The van der Waals surface area contributed by atoms with Gasteiger partial charge in [0.25, 0.3) is 0 Å². The van der Waals surface area contributed by atoms with Gasteiger partial charge in [0.1, 0.15) is 5.76 Å². The summed E-state index contributed by atoms with van der Waals surface area (Å²) in [7, 11) is 0. The van der Waals surface area contributed by atoms with Crippen LogP contribution in [0.15, 0.2) is 55.1 Å². The van der Waals surface area contributed by atoms with E-state index in [1.165, 1.54) is 24.3 Å². The van der Waals surface area contributed by atoms with Crippen LogP contribution in [0, 0.1) is 0 Å². The van der Waals surface area contributed by atoms with Crippen LogP contribution in [0.4, 0.5) is 0 Å². The molecule has 4 aliphatic heterocycles. The molecule has 4 bridgehead atoms. The first-order valence-electron chi connectivity index (χ1n) is 9.58. The number of hydrogen-bond acceptors (Lipinski definition) is 7. The normalized spacial score (nSPS) is 16.5. The highest BCUT2D eigenvalue weighted by Crippen LogP contribution is 2.16. The van der Waals surface area contributed by atoms with Crippen LogP contribution in [0.25, 0.3) is 5.76 Å². The summed E-state index contributed by atoms with van der Waals surface area (Å²) in [5.74, 6) is -0.996. The fourth-order valence-electron chi connectivity index (χ4n) is 2.68. The lowest BCUT2D eigenvalue weighted by atomic mass is 10.1. The van der Waals surface area contributed by atoms with Crippen molar-refractivity contribution < 1.29 is 33.3 Å². The van der Waals surface area contributed by atoms with Crippen molar-refractivity contribution in [3.05, 3.63) is 77.4 Å². The second-order valence-electron chi connectivity index (χ2n) is 6.54. The third-order valence-electron chi connectivity index (χ3n) is 4.35. The summed E-state index contributed by atoms with van der Waals surface area (Å²) in [6.07, 6.45) is 0.851. The lowest BCUT2D eigenvalue weighted by Crippen LogP contribution is -2.12. The van der Waals surface area contributed by atoms with Gasteiger partial charge in [-0.1, -0.05) is 18.7 Å². The van der Waals surface area contributed by atoms with Crippen molar-refractivity contribution in [1.82, 2.24) is 0 Å². The lowest BCUT2D eigenvalue weighted by molar-refractivity contribution is 0.0392. The fraction of sp³-hybridized carbons (Fsp3) is 0.261. The maximum absolute atomic E-state index is 12.1. The van der Waals surface area contributed by atoms with Gasteiger partial charge in [0.2, 0.25) is 0 Å². The first-order valence-corrected chi connectivity index (χ1v) is 9.58. The summed E-state index contributed by atoms with van der Waals surface area (Å²) in [6, 6.07) is 12.7. The number of esters is 3. The van der Waals surface area contributed by atoms with Crippen LogP contribution >= 0.6 is 0 Å². The van der Waals surface area contributed by atoms with E-state index in [1.54, 1.807) is 24.3 Å². The van der Waals surface area contributed by atoms with E-state index in [0.29, 0.717) is 41.9 Å². The van der Waals surface area contributed by atoms with E-state index in [2.05, 4.69) is 6.58 Å². The second-order valence-corrected chi connectivity index (χ2v) is 6.54. The predicted octanol–water partition coefficient (Wildman–Crippen LogP) is 3.64. The molecule has 30 heavy (non-hydrogen) atoms. The molecular weight excluding hydrogens is 388 g/mol. The predicted molar refractivity (Wildman–Crippen MR) is 108 cm³/mol. The van der Waals surface area contributed by atoms with Gasteiger partial charge in [-0.05, 0) is 36.4 Å². The summed E-state index contributed by atoms with van der Waals surface area (Å²) < 4.78 is 21.1. The monoisotopic (exact) mass is 410 g/mol. The summed E-state index contributed by atoms with van der Waals surface area (Å²) in [5.41, 5.74) is 1.79. The molecule has 4 heterocycles. The zero-order valence-corrected chi connectivity index (χ0v) is 16.4. The van der Waals surface area contributed by atoms with E-state index in [4.69, 9.17) is 18.9 Å². The van der Waals surface area contributed by atoms with Gasteiger partial charge in [-0.25, -0.2) is 14.4 Å². The zero-order valence-electron chi connectivity index (χ0n) is 16.4. The van der Waals surface area contributed by atoms with Crippen molar-refractivity contribution in [2.45, 2.75) is 12.8 Å². The summed E-state index contributed by atoms with van der Waals surface area (Å²) in [4.78, 5) is 36.2. The molecule has 0 fully saturated rings. The molecule has 4 aliphatic rings. The van der Waals surface area contributed by atoms with Crippen molar-refractivity contribution in [1.29, 1.82) is 0 Å². The molecule has 0 saturated carbocycles. The van der Waals surface area contributed by atoms with Crippen LogP contribution in [-0.2, 0) is 18.9 Å². The molecule has 0 N–H and O–H groups in total. The molecule has 2 aromatic carbocycles. The summed E-state index contributed by atoms with van der Waals surface area (Å²) in [5, 5.41) is 0.